The topological polar surface area (TPSA) is 29.5 Å². The number of rotatable bonds is 2. The molecule has 86 valence electrons. The van der Waals surface area contributed by atoms with Gasteiger partial charge in [-0.25, -0.2) is 0 Å². The van der Waals surface area contributed by atoms with Gasteiger partial charge in [-0.15, -0.1) is 0 Å². The number of para-hydroxylation sites is 1. The Bertz CT molecular complexity index is 387. The van der Waals surface area contributed by atoms with Gasteiger partial charge >= 0.3 is 0 Å². The summed E-state index contributed by atoms with van der Waals surface area (Å²) in [5.74, 6) is 0.894. The monoisotopic (exact) mass is 219 g/mol. The lowest BCUT2D eigenvalue weighted by atomic mass is 9.93. The van der Waals surface area contributed by atoms with Gasteiger partial charge in [0.15, 0.2) is 5.60 Å². The van der Waals surface area contributed by atoms with Crippen LogP contribution in [-0.4, -0.2) is 30.5 Å². The van der Waals surface area contributed by atoms with Crippen LogP contribution in [0.1, 0.15) is 18.9 Å². The molecule has 1 heterocycles. The standard InChI is InChI=1S/C13H17NO2/c1-4-13(12(15)14(2)3)9-10-7-5-6-8-11(10)16-13/h5-8H,4,9H2,1-3H3. The molecule has 2 rings (SSSR count). The first kappa shape index (κ1) is 11.0. The van der Waals surface area contributed by atoms with E-state index < -0.39 is 5.60 Å². The summed E-state index contributed by atoms with van der Waals surface area (Å²) in [6.45, 7) is 1.99. The van der Waals surface area contributed by atoms with Gasteiger partial charge < -0.3 is 9.64 Å². The van der Waals surface area contributed by atoms with E-state index in [0.717, 1.165) is 11.3 Å². The normalized spacial score (nSPS) is 22.4. The zero-order valence-corrected chi connectivity index (χ0v) is 9.99. The molecule has 1 aromatic rings. The first-order chi connectivity index (χ1) is 7.59. The Morgan fingerprint density at radius 2 is 2.12 bits per heavy atom. The number of carbonyl (C=O) groups is 1. The van der Waals surface area contributed by atoms with Gasteiger partial charge in [0.25, 0.3) is 5.91 Å². The molecule has 1 amide bonds. The molecule has 1 aliphatic rings. The molecule has 1 aromatic carbocycles. The zero-order chi connectivity index (χ0) is 11.8. The minimum absolute atomic E-state index is 0.0474. The summed E-state index contributed by atoms with van der Waals surface area (Å²) in [5.41, 5.74) is 0.437. The molecular weight excluding hydrogens is 202 g/mol. The van der Waals surface area contributed by atoms with E-state index in [0.29, 0.717) is 12.8 Å². The van der Waals surface area contributed by atoms with E-state index in [2.05, 4.69) is 0 Å². The van der Waals surface area contributed by atoms with Gasteiger partial charge in [0.05, 0.1) is 0 Å². The van der Waals surface area contributed by atoms with Crippen LogP contribution in [-0.2, 0) is 11.2 Å². The van der Waals surface area contributed by atoms with E-state index >= 15 is 0 Å². The summed E-state index contributed by atoms with van der Waals surface area (Å²) in [7, 11) is 3.54. The maximum absolute atomic E-state index is 12.2. The molecule has 1 atom stereocenters. The van der Waals surface area contributed by atoms with Crippen molar-refractivity contribution in [2.45, 2.75) is 25.4 Å². The molecule has 0 radical (unpaired) electrons. The van der Waals surface area contributed by atoms with Crippen molar-refractivity contribution in [2.75, 3.05) is 14.1 Å². The molecular formula is C13H17NO2. The quantitative estimate of drug-likeness (QED) is 0.759. The van der Waals surface area contributed by atoms with E-state index in [4.69, 9.17) is 4.74 Å². The molecule has 0 bridgehead atoms. The smallest absolute Gasteiger partial charge is 0.266 e. The summed E-state index contributed by atoms with van der Waals surface area (Å²) in [4.78, 5) is 13.8. The summed E-state index contributed by atoms with van der Waals surface area (Å²) in [6.07, 6.45) is 1.37. The van der Waals surface area contributed by atoms with Crippen LogP contribution in [0.2, 0.25) is 0 Å². The Morgan fingerprint density at radius 1 is 1.44 bits per heavy atom. The van der Waals surface area contributed by atoms with Crippen molar-refractivity contribution in [1.29, 1.82) is 0 Å². The van der Waals surface area contributed by atoms with Crippen LogP contribution < -0.4 is 4.74 Å². The maximum Gasteiger partial charge on any atom is 0.266 e. The maximum atomic E-state index is 12.2. The van der Waals surface area contributed by atoms with Gasteiger partial charge in [-0.05, 0) is 18.1 Å². The minimum atomic E-state index is -0.687. The first-order valence-electron chi connectivity index (χ1n) is 5.58. The Morgan fingerprint density at radius 3 is 2.69 bits per heavy atom. The molecule has 1 unspecified atom stereocenters. The number of carbonyl (C=O) groups excluding carboxylic acids is 1. The molecule has 0 aromatic heterocycles. The lowest BCUT2D eigenvalue weighted by Crippen LogP contribution is -2.49. The van der Waals surface area contributed by atoms with Gasteiger partial charge in [0, 0.05) is 20.5 Å². The third-order valence-electron chi connectivity index (χ3n) is 3.12. The van der Waals surface area contributed by atoms with Crippen molar-refractivity contribution in [2.24, 2.45) is 0 Å². The van der Waals surface area contributed by atoms with Crippen LogP contribution in [0.4, 0.5) is 0 Å². The van der Waals surface area contributed by atoms with Gasteiger partial charge in [-0.3, -0.25) is 4.79 Å². The van der Waals surface area contributed by atoms with Crippen LogP contribution in [0.15, 0.2) is 24.3 Å². The van der Waals surface area contributed by atoms with Crippen LogP contribution in [0.5, 0.6) is 5.75 Å². The molecule has 0 spiro atoms. The van der Waals surface area contributed by atoms with Crippen LogP contribution in [0, 0.1) is 0 Å². The highest BCUT2D eigenvalue weighted by Gasteiger charge is 2.45. The fourth-order valence-corrected chi connectivity index (χ4v) is 2.18. The molecule has 0 saturated heterocycles. The number of nitrogens with zero attached hydrogens (tertiary/aromatic N) is 1. The number of hydrogen-bond acceptors (Lipinski definition) is 2. The SMILES string of the molecule is CCC1(C(=O)N(C)C)Cc2ccccc2O1. The highest BCUT2D eigenvalue weighted by Crippen LogP contribution is 2.37. The Kier molecular flexibility index (Phi) is 2.62. The Labute approximate surface area is 96.0 Å². The zero-order valence-electron chi connectivity index (χ0n) is 9.99. The van der Waals surface area contributed by atoms with Crippen molar-refractivity contribution in [3.8, 4) is 5.75 Å². The highest BCUT2D eigenvalue weighted by atomic mass is 16.5. The van der Waals surface area contributed by atoms with Gasteiger partial charge in [0.1, 0.15) is 5.75 Å². The van der Waals surface area contributed by atoms with E-state index in [-0.39, 0.29) is 5.91 Å². The van der Waals surface area contributed by atoms with Crippen LogP contribution in [0.3, 0.4) is 0 Å². The Hall–Kier alpha value is -1.51. The number of fused-ring (bicyclic) bond motifs is 1. The van der Waals surface area contributed by atoms with Crippen molar-refractivity contribution in [1.82, 2.24) is 4.90 Å². The summed E-state index contributed by atoms with van der Waals surface area (Å²) >= 11 is 0. The average molecular weight is 219 g/mol. The minimum Gasteiger partial charge on any atom is -0.477 e. The average Bonchev–Trinajstić information content (AvgIpc) is 2.67. The molecule has 1 aliphatic heterocycles. The number of likely N-dealkylation sites (N-methyl/N-ethyl adjacent to an activating group) is 1. The van der Waals surface area contributed by atoms with E-state index in [1.54, 1.807) is 19.0 Å². The molecule has 0 aliphatic carbocycles. The molecule has 0 N–H and O–H groups in total. The van der Waals surface area contributed by atoms with Gasteiger partial charge in [0.2, 0.25) is 0 Å². The van der Waals surface area contributed by atoms with Crippen LogP contribution in [0.25, 0.3) is 0 Å². The summed E-state index contributed by atoms with van der Waals surface area (Å²) < 4.78 is 5.88. The number of hydrogen-bond donors (Lipinski definition) is 0. The third-order valence-corrected chi connectivity index (χ3v) is 3.12. The fraction of sp³-hybridized carbons (Fsp3) is 0.462. The second-order valence-electron chi connectivity index (χ2n) is 4.43. The largest absolute Gasteiger partial charge is 0.477 e. The molecule has 0 fully saturated rings. The van der Waals surface area contributed by atoms with Crippen LogP contribution >= 0.6 is 0 Å². The van der Waals surface area contributed by atoms with Gasteiger partial charge in [-0.2, -0.15) is 0 Å². The molecule has 3 heteroatoms. The predicted octanol–water partition coefficient (Wildman–Crippen LogP) is 1.86. The number of benzene rings is 1. The lowest BCUT2D eigenvalue weighted by Gasteiger charge is -2.29. The summed E-state index contributed by atoms with van der Waals surface area (Å²) in [5, 5.41) is 0. The second kappa shape index (κ2) is 3.81. The first-order valence-corrected chi connectivity index (χ1v) is 5.58. The van der Waals surface area contributed by atoms with E-state index in [1.165, 1.54) is 0 Å². The molecule has 3 nitrogen and oxygen atoms in total. The van der Waals surface area contributed by atoms with Crippen molar-refractivity contribution in [3.63, 3.8) is 0 Å². The number of ether oxygens (including phenoxy) is 1. The third kappa shape index (κ3) is 1.56. The number of amides is 1. The highest BCUT2D eigenvalue weighted by molar-refractivity contribution is 5.86. The van der Waals surface area contributed by atoms with E-state index in [9.17, 15) is 4.79 Å². The summed E-state index contributed by atoms with van der Waals surface area (Å²) in [6, 6.07) is 7.87. The molecule has 0 saturated carbocycles. The van der Waals surface area contributed by atoms with Crippen molar-refractivity contribution < 1.29 is 9.53 Å². The predicted molar refractivity (Wildman–Crippen MR) is 62.5 cm³/mol. The van der Waals surface area contributed by atoms with Crippen molar-refractivity contribution in [3.05, 3.63) is 29.8 Å². The fourth-order valence-electron chi connectivity index (χ4n) is 2.18. The second-order valence-corrected chi connectivity index (χ2v) is 4.43. The van der Waals surface area contributed by atoms with E-state index in [1.807, 2.05) is 31.2 Å². The Balaban J connectivity index is 2.33. The lowest BCUT2D eigenvalue weighted by molar-refractivity contribution is -0.144. The molecule has 16 heavy (non-hydrogen) atoms. The van der Waals surface area contributed by atoms with Gasteiger partial charge in [-0.1, -0.05) is 25.1 Å². The van der Waals surface area contributed by atoms with Crippen molar-refractivity contribution >= 4 is 5.91 Å².